The molecule has 0 saturated heterocycles. The molecule has 0 aliphatic rings. The van der Waals surface area contributed by atoms with Crippen LogP contribution in [0.5, 0.6) is 0 Å². The van der Waals surface area contributed by atoms with Gasteiger partial charge >= 0.3 is 0 Å². The molecule has 55 heavy (non-hydrogen) atoms. The van der Waals surface area contributed by atoms with Gasteiger partial charge in [0.25, 0.3) is 0 Å². The van der Waals surface area contributed by atoms with Crippen LogP contribution in [0.2, 0.25) is 0 Å². The Labute approximate surface area is 316 Å². The monoisotopic (exact) mass is 699 g/mol. The fourth-order valence-electron chi connectivity index (χ4n) is 8.75. The van der Waals surface area contributed by atoms with Crippen molar-refractivity contribution in [2.24, 2.45) is 0 Å². The van der Waals surface area contributed by atoms with E-state index in [9.17, 15) is 5.26 Å². The molecule has 11 rings (SSSR count). The second-order valence-electron chi connectivity index (χ2n) is 14.0. The number of rotatable bonds is 4. The van der Waals surface area contributed by atoms with Crippen LogP contribution < -0.4 is 0 Å². The zero-order valence-electron chi connectivity index (χ0n) is 29.5. The van der Waals surface area contributed by atoms with E-state index in [-0.39, 0.29) is 0 Å². The Kier molecular flexibility index (Phi) is 6.61. The largest absolute Gasteiger partial charge is 0.309 e. The lowest BCUT2D eigenvalue weighted by Crippen LogP contribution is -2.01. The molecule has 0 bridgehead atoms. The number of hydrogen-bond acceptors (Lipinski definition) is 1. The van der Waals surface area contributed by atoms with Gasteiger partial charge in [0.05, 0.1) is 62.7 Å². The minimum atomic E-state index is 0.593. The van der Waals surface area contributed by atoms with Gasteiger partial charge in [-0.15, -0.1) is 0 Å². The Balaban J connectivity index is 1.17. The van der Waals surface area contributed by atoms with E-state index in [4.69, 9.17) is 6.57 Å². The number of aromatic nitrogens is 3. The SMILES string of the molecule is [C-]#[N+]c1ccc(-n2c3ccccc3c3ccccc32)c(-c2ccc(-n3c4ccccc4c4cc(C#N)cc(-n5c6ccccc6c6ccccc65)c43)cc2)c1. The van der Waals surface area contributed by atoms with Crippen molar-refractivity contribution < 1.29 is 0 Å². The molecular formula is C50H29N5. The van der Waals surface area contributed by atoms with Crippen LogP contribution in [-0.4, -0.2) is 13.7 Å². The molecule has 3 heterocycles. The minimum Gasteiger partial charge on any atom is -0.309 e. The first-order chi connectivity index (χ1) is 27.2. The molecule has 0 spiro atoms. The molecule has 0 saturated carbocycles. The van der Waals surface area contributed by atoms with Gasteiger partial charge in [-0.25, -0.2) is 4.85 Å². The van der Waals surface area contributed by atoms with Gasteiger partial charge in [-0.2, -0.15) is 5.26 Å². The average Bonchev–Trinajstić information content (AvgIpc) is 3.89. The van der Waals surface area contributed by atoms with E-state index in [0.717, 1.165) is 72.1 Å². The van der Waals surface area contributed by atoms with Gasteiger partial charge < -0.3 is 13.7 Å². The Morgan fingerprint density at radius 3 is 1.38 bits per heavy atom. The highest BCUT2D eigenvalue weighted by atomic mass is 15.1. The smallest absolute Gasteiger partial charge is 0.188 e. The van der Waals surface area contributed by atoms with Crippen LogP contribution in [0.4, 0.5) is 5.69 Å². The quantitative estimate of drug-likeness (QED) is 0.169. The molecule has 0 fully saturated rings. The molecule has 5 heteroatoms. The van der Waals surface area contributed by atoms with Crippen molar-refractivity contribution in [3.8, 4) is 34.3 Å². The summed E-state index contributed by atoms with van der Waals surface area (Å²) < 4.78 is 6.96. The van der Waals surface area contributed by atoms with Crippen molar-refractivity contribution in [1.82, 2.24) is 13.7 Å². The first-order valence-electron chi connectivity index (χ1n) is 18.3. The molecule has 5 nitrogen and oxygen atoms in total. The predicted octanol–water partition coefficient (Wildman–Crippen LogP) is 13.1. The van der Waals surface area contributed by atoms with E-state index in [0.29, 0.717) is 11.3 Å². The number of para-hydroxylation sites is 5. The zero-order chi connectivity index (χ0) is 36.6. The van der Waals surface area contributed by atoms with Crippen molar-refractivity contribution in [2.45, 2.75) is 0 Å². The van der Waals surface area contributed by atoms with Gasteiger partial charge in [0.2, 0.25) is 0 Å². The van der Waals surface area contributed by atoms with Crippen molar-refractivity contribution in [1.29, 1.82) is 5.26 Å². The molecule has 254 valence electrons. The third-order valence-electron chi connectivity index (χ3n) is 11.1. The highest BCUT2D eigenvalue weighted by Gasteiger charge is 2.22. The van der Waals surface area contributed by atoms with Crippen LogP contribution in [0, 0.1) is 17.9 Å². The van der Waals surface area contributed by atoms with Gasteiger partial charge in [-0.05, 0) is 77.9 Å². The molecule has 0 aliphatic carbocycles. The summed E-state index contributed by atoms with van der Waals surface area (Å²) in [5.41, 5.74) is 12.7. The average molecular weight is 700 g/mol. The van der Waals surface area contributed by atoms with Crippen LogP contribution in [0.3, 0.4) is 0 Å². The van der Waals surface area contributed by atoms with E-state index in [1.54, 1.807) is 0 Å². The number of hydrogen-bond donors (Lipinski definition) is 0. The van der Waals surface area contributed by atoms with E-state index < -0.39 is 0 Å². The summed E-state index contributed by atoms with van der Waals surface area (Å²) in [5, 5.41) is 17.2. The molecule has 3 aromatic heterocycles. The Morgan fingerprint density at radius 2 is 0.891 bits per heavy atom. The topological polar surface area (TPSA) is 42.9 Å². The second-order valence-corrected chi connectivity index (χ2v) is 14.0. The highest BCUT2D eigenvalue weighted by molar-refractivity contribution is 6.15. The summed E-state index contributed by atoms with van der Waals surface area (Å²) in [6.45, 7) is 7.89. The maximum Gasteiger partial charge on any atom is 0.188 e. The van der Waals surface area contributed by atoms with E-state index >= 15 is 0 Å². The molecule has 11 aromatic rings. The summed E-state index contributed by atoms with van der Waals surface area (Å²) in [5.74, 6) is 0. The van der Waals surface area contributed by atoms with E-state index in [1.807, 2.05) is 24.3 Å². The third kappa shape index (κ3) is 4.45. The molecule has 8 aromatic carbocycles. The Bertz CT molecular complexity index is 3350. The van der Waals surface area contributed by atoms with Crippen molar-refractivity contribution >= 4 is 71.1 Å². The van der Waals surface area contributed by atoms with E-state index in [1.165, 1.54) is 21.5 Å². The molecule has 0 amide bonds. The normalized spacial score (nSPS) is 11.6. The molecule has 0 radical (unpaired) electrons. The first-order valence-corrected chi connectivity index (χ1v) is 18.3. The first kappa shape index (κ1) is 30.7. The fraction of sp³-hybridized carbons (Fsp3) is 0. The number of nitriles is 1. The summed E-state index contributed by atoms with van der Waals surface area (Å²) >= 11 is 0. The molecule has 0 N–H and O–H groups in total. The van der Waals surface area contributed by atoms with Crippen molar-refractivity contribution in [3.05, 3.63) is 193 Å². The Morgan fingerprint density at radius 1 is 0.436 bits per heavy atom. The van der Waals surface area contributed by atoms with Gasteiger partial charge in [0.15, 0.2) is 5.69 Å². The highest BCUT2D eigenvalue weighted by Crippen LogP contribution is 2.42. The lowest BCUT2D eigenvalue weighted by Gasteiger charge is -2.17. The van der Waals surface area contributed by atoms with Gasteiger partial charge in [0.1, 0.15) is 0 Å². The Hall–Kier alpha value is -7.86. The lowest BCUT2D eigenvalue weighted by molar-refractivity contribution is 1.13. The van der Waals surface area contributed by atoms with Crippen LogP contribution in [-0.2, 0) is 0 Å². The lowest BCUT2D eigenvalue weighted by atomic mass is 10.0. The third-order valence-corrected chi connectivity index (χ3v) is 11.1. The molecule has 0 aliphatic heterocycles. The standard InChI is InChI=1S/C50H29N5/c1-52-34-24-27-48(54-44-18-8-2-12-36(44)37-13-3-9-19-45(37)54)41(30-34)33-22-25-35(26-23-33)53-43-17-7-6-16-40(43)42-28-32(31-51)29-49(50(42)53)55-46-20-10-4-14-38(46)39-15-5-11-21-47(39)55/h2-30H. The van der Waals surface area contributed by atoms with E-state index in [2.05, 4.69) is 176 Å². The van der Waals surface area contributed by atoms with Crippen LogP contribution >= 0.6 is 0 Å². The number of benzene rings is 8. The second kappa shape index (κ2) is 11.8. The van der Waals surface area contributed by atoms with Gasteiger partial charge in [-0.3, -0.25) is 0 Å². The molecular weight excluding hydrogens is 671 g/mol. The molecule has 0 atom stereocenters. The van der Waals surface area contributed by atoms with Crippen LogP contribution in [0.15, 0.2) is 176 Å². The van der Waals surface area contributed by atoms with Gasteiger partial charge in [0, 0.05) is 38.0 Å². The van der Waals surface area contributed by atoms with Crippen LogP contribution in [0.1, 0.15) is 5.56 Å². The minimum absolute atomic E-state index is 0.593. The summed E-state index contributed by atoms with van der Waals surface area (Å²) in [7, 11) is 0. The van der Waals surface area contributed by atoms with Gasteiger partial charge in [-0.1, -0.05) is 109 Å². The summed E-state index contributed by atoms with van der Waals surface area (Å²) in [6.07, 6.45) is 0. The van der Waals surface area contributed by atoms with Crippen molar-refractivity contribution in [3.63, 3.8) is 0 Å². The summed E-state index contributed by atoms with van der Waals surface area (Å²) in [6, 6.07) is 63.6. The zero-order valence-corrected chi connectivity index (χ0v) is 29.5. The maximum absolute atomic E-state index is 10.3. The number of nitrogens with zero attached hydrogens (tertiary/aromatic N) is 5. The maximum atomic E-state index is 10.3. The van der Waals surface area contributed by atoms with Crippen LogP contribution in [0.25, 0.3) is 98.5 Å². The predicted molar refractivity (Wildman–Crippen MR) is 226 cm³/mol. The number of fused-ring (bicyclic) bond motifs is 9. The summed E-state index contributed by atoms with van der Waals surface area (Å²) in [4.78, 5) is 3.83. The fourth-order valence-corrected chi connectivity index (χ4v) is 8.75. The van der Waals surface area contributed by atoms with Crippen molar-refractivity contribution in [2.75, 3.05) is 0 Å². The molecule has 0 unspecified atom stereocenters.